The molecule has 0 aliphatic carbocycles. The lowest BCUT2D eigenvalue weighted by Crippen LogP contribution is -2.38. The standard InChI is InChI=1S/C22H28FNO3/c1-22(2,3)27-21(26)24(14-12-18-9-6-7-11-20(18)23)16-19-10-5-4-8-17(19)13-15-25/h4-11,25H,12-16H2,1-3H3. The molecule has 1 amide bonds. The van der Waals surface area contributed by atoms with Crippen molar-refractivity contribution in [2.24, 2.45) is 0 Å². The van der Waals surface area contributed by atoms with Crippen molar-refractivity contribution in [2.45, 2.75) is 45.8 Å². The Bertz CT molecular complexity index is 755. The van der Waals surface area contributed by atoms with Crippen molar-refractivity contribution in [2.75, 3.05) is 13.2 Å². The van der Waals surface area contributed by atoms with E-state index in [-0.39, 0.29) is 12.4 Å². The predicted octanol–water partition coefficient (Wildman–Crippen LogP) is 4.34. The fourth-order valence-corrected chi connectivity index (χ4v) is 2.80. The Hall–Kier alpha value is -2.40. The van der Waals surface area contributed by atoms with E-state index in [1.165, 1.54) is 6.07 Å². The molecule has 0 fully saturated rings. The maximum Gasteiger partial charge on any atom is 0.410 e. The molecule has 27 heavy (non-hydrogen) atoms. The number of ether oxygens (including phenoxy) is 1. The predicted molar refractivity (Wildman–Crippen MR) is 104 cm³/mol. The normalized spacial score (nSPS) is 11.3. The number of hydrogen-bond donors (Lipinski definition) is 1. The van der Waals surface area contributed by atoms with Crippen LogP contribution in [0.2, 0.25) is 0 Å². The molecule has 0 unspecified atom stereocenters. The van der Waals surface area contributed by atoms with E-state index in [1.807, 2.05) is 45.0 Å². The molecule has 0 aliphatic rings. The van der Waals surface area contributed by atoms with E-state index in [2.05, 4.69) is 0 Å². The van der Waals surface area contributed by atoms with Crippen LogP contribution in [0.15, 0.2) is 48.5 Å². The lowest BCUT2D eigenvalue weighted by atomic mass is 10.0. The number of benzene rings is 2. The Morgan fingerprint density at radius 3 is 2.19 bits per heavy atom. The molecule has 0 aromatic heterocycles. The maximum absolute atomic E-state index is 13.9. The third-order valence-corrected chi connectivity index (χ3v) is 4.12. The fourth-order valence-electron chi connectivity index (χ4n) is 2.80. The molecule has 0 spiro atoms. The molecule has 0 radical (unpaired) electrons. The van der Waals surface area contributed by atoms with Crippen LogP contribution in [0.1, 0.15) is 37.5 Å². The summed E-state index contributed by atoms with van der Waals surface area (Å²) in [5.41, 5.74) is 1.89. The van der Waals surface area contributed by atoms with Gasteiger partial charge in [-0.1, -0.05) is 42.5 Å². The van der Waals surface area contributed by atoms with Gasteiger partial charge in [-0.25, -0.2) is 9.18 Å². The second-order valence-corrected chi connectivity index (χ2v) is 7.49. The van der Waals surface area contributed by atoms with Gasteiger partial charge in [0.2, 0.25) is 0 Å². The summed E-state index contributed by atoms with van der Waals surface area (Å²) in [7, 11) is 0. The molecule has 0 heterocycles. The highest BCUT2D eigenvalue weighted by Crippen LogP contribution is 2.17. The van der Waals surface area contributed by atoms with Crippen molar-refractivity contribution in [1.82, 2.24) is 4.90 Å². The minimum absolute atomic E-state index is 0.0404. The molecule has 2 aromatic carbocycles. The summed E-state index contributed by atoms with van der Waals surface area (Å²) in [6.07, 6.45) is 0.484. The monoisotopic (exact) mass is 373 g/mol. The second-order valence-electron chi connectivity index (χ2n) is 7.49. The van der Waals surface area contributed by atoms with Crippen LogP contribution in [0, 0.1) is 5.82 Å². The van der Waals surface area contributed by atoms with E-state index in [4.69, 9.17) is 4.74 Å². The summed E-state index contributed by atoms with van der Waals surface area (Å²) in [5.74, 6) is -0.276. The molecule has 0 bridgehead atoms. The largest absolute Gasteiger partial charge is 0.444 e. The van der Waals surface area contributed by atoms with E-state index in [0.717, 1.165) is 11.1 Å². The Morgan fingerprint density at radius 2 is 1.59 bits per heavy atom. The molecule has 146 valence electrons. The van der Waals surface area contributed by atoms with Gasteiger partial charge >= 0.3 is 6.09 Å². The minimum Gasteiger partial charge on any atom is -0.444 e. The second kappa shape index (κ2) is 9.51. The molecular weight excluding hydrogens is 345 g/mol. The first-order valence-electron chi connectivity index (χ1n) is 9.19. The Morgan fingerprint density at radius 1 is 1.00 bits per heavy atom. The first-order chi connectivity index (χ1) is 12.8. The van der Waals surface area contributed by atoms with Crippen molar-refractivity contribution in [3.63, 3.8) is 0 Å². The van der Waals surface area contributed by atoms with E-state index in [9.17, 15) is 14.3 Å². The van der Waals surface area contributed by atoms with Gasteiger partial charge < -0.3 is 14.7 Å². The molecule has 0 saturated heterocycles. The third kappa shape index (κ3) is 6.68. The smallest absolute Gasteiger partial charge is 0.410 e. The van der Waals surface area contributed by atoms with Crippen LogP contribution < -0.4 is 0 Å². The minimum atomic E-state index is -0.613. The Balaban J connectivity index is 2.19. The number of nitrogens with zero attached hydrogens (tertiary/aromatic N) is 1. The summed E-state index contributed by atoms with van der Waals surface area (Å²) in [6.45, 7) is 6.18. The third-order valence-electron chi connectivity index (χ3n) is 4.12. The summed E-state index contributed by atoms with van der Waals surface area (Å²) in [6, 6.07) is 14.3. The van der Waals surface area contributed by atoms with E-state index in [1.54, 1.807) is 23.1 Å². The van der Waals surface area contributed by atoms with Gasteiger partial charge in [0.05, 0.1) is 0 Å². The van der Waals surface area contributed by atoms with Gasteiger partial charge in [0.1, 0.15) is 11.4 Å². The van der Waals surface area contributed by atoms with Crippen molar-refractivity contribution >= 4 is 6.09 Å². The molecule has 0 saturated carbocycles. The fraction of sp³-hybridized carbons (Fsp3) is 0.409. The SMILES string of the molecule is CC(C)(C)OC(=O)N(CCc1ccccc1F)Cc1ccccc1CCO. The van der Waals surface area contributed by atoms with Gasteiger partial charge in [-0.2, -0.15) is 0 Å². The summed E-state index contributed by atoms with van der Waals surface area (Å²) < 4.78 is 19.5. The first-order valence-corrected chi connectivity index (χ1v) is 9.19. The van der Waals surface area contributed by atoms with Crippen LogP contribution >= 0.6 is 0 Å². The van der Waals surface area contributed by atoms with Crippen molar-refractivity contribution < 1.29 is 19.0 Å². The quantitative estimate of drug-likeness (QED) is 0.785. The van der Waals surface area contributed by atoms with Crippen LogP contribution in [0.4, 0.5) is 9.18 Å². The molecular formula is C22H28FNO3. The number of amides is 1. The van der Waals surface area contributed by atoms with Gasteiger partial charge in [0.25, 0.3) is 0 Å². The number of aliphatic hydroxyl groups is 1. The average molecular weight is 373 g/mol. The molecule has 1 N–H and O–H groups in total. The van der Waals surface area contributed by atoms with Crippen molar-refractivity contribution in [3.8, 4) is 0 Å². The van der Waals surface area contributed by atoms with Crippen LogP contribution in [-0.4, -0.2) is 34.9 Å². The molecule has 2 rings (SSSR count). The Labute approximate surface area is 160 Å². The number of carbonyl (C=O) groups excluding carboxylic acids is 1. The summed E-state index contributed by atoms with van der Waals surface area (Å²) >= 11 is 0. The van der Waals surface area contributed by atoms with E-state index in [0.29, 0.717) is 31.5 Å². The summed E-state index contributed by atoms with van der Waals surface area (Å²) in [5, 5.41) is 9.28. The van der Waals surface area contributed by atoms with Gasteiger partial charge in [-0.15, -0.1) is 0 Å². The number of carbonyl (C=O) groups is 1. The lowest BCUT2D eigenvalue weighted by Gasteiger charge is -2.28. The first kappa shape index (κ1) is 20.9. The molecule has 4 nitrogen and oxygen atoms in total. The van der Waals surface area contributed by atoms with Crippen molar-refractivity contribution in [3.05, 3.63) is 71.0 Å². The topological polar surface area (TPSA) is 49.8 Å². The Kier molecular flexibility index (Phi) is 7.36. The van der Waals surface area contributed by atoms with Gasteiger partial charge in [0, 0.05) is 19.7 Å². The van der Waals surface area contributed by atoms with Gasteiger partial charge in [0.15, 0.2) is 0 Å². The lowest BCUT2D eigenvalue weighted by molar-refractivity contribution is 0.0235. The zero-order chi connectivity index (χ0) is 19.9. The highest BCUT2D eigenvalue weighted by atomic mass is 19.1. The van der Waals surface area contributed by atoms with E-state index < -0.39 is 11.7 Å². The maximum atomic E-state index is 13.9. The van der Waals surface area contributed by atoms with E-state index >= 15 is 0 Å². The van der Waals surface area contributed by atoms with Crippen LogP contribution in [0.25, 0.3) is 0 Å². The van der Waals surface area contributed by atoms with Crippen LogP contribution in [-0.2, 0) is 24.1 Å². The van der Waals surface area contributed by atoms with Gasteiger partial charge in [-0.3, -0.25) is 0 Å². The van der Waals surface area contributed by atoms with Crippen molar-refractivity contribution in [1.29, 1.82) is 0 Å². The molecule has 0 aliphatic heterocycles. The zero-order valence-electron chi connectivity index (χ0n) is 16.2. The highest BCUT2D eigenvalue weighted by molar-refractivity contribution is 5.68. The molecule has 5 heteroatoms. The zero-order valence-corrected chi connectivity index (χ0v) is 16.2. The summed E-state index contributed by atoms with van der Waals surface area (Å²) in [4.78, 5) is 14.3. The molecule has 0 atom stereocenters. The van der Waals surface area contributed by atoms with Gasteiger partial charge in [-0.05, 0) is 56.4 Å². The van der Waals surface area contributed by atoms with Crippen LogP contribution in [0.3, 0.4) is 0 Å². The highest BCUT2D eigenvalue weighted by Gasteiger charge is 2.23. The number of hydrogen-bond acceptors (Lipinski definition) is 3. The number of aliphatic hydroxyl groups excluding tert-OH is 1. The molecule has 2 aromatic rings. The number of halogens is 1. The average Bonchev–Trinajstić information content (AvgIpc) is 2.60. The number of rotatable bonds is 7. The van der Waals surface area contributed by atoms with Crippen LogP contribution in [0.5, 0.6) is 0 Å².